The van der Waals surface area contributed by atoms with E-state index in [2.05, 4.69) is 31.4 Å². The summed E-state index contributed by atoms with van der Waals surface area (Å²) < 4.78 is 0. The van der Waals surface area contributed by atoms with Crippen LogP contribution in [0.4, 0.5) is 0 Å². The Morgan fingerprint density at radius 3 is 2.44 bits per heavy atom. The van der Waals surface area contributed by atoms with Crippen molar-refractivity contribution in [3.05, 3.63) is 0 Å². The molecule has 2 rings (SSSR count). The molecule has 0 aromatic rings. The molecule has 0 aromatic heterocycles. The lowest BCUT2D eigenvalue weighted by Crippen LogP contribution is -2.43. The molecule has 1 saturated carbocycles. The maximum absolute atomic E-state index is 12.3. The number of likely N-dealkylation sites (tertiary alicyclic amines) is 1. The van der Waals surface area contributed by atoms with Gasteiger partial charge in [-0.3, -0.25) is 4.79 Å². The smallest absolute Gasteiger partial charge is 0.225 e. The zero-order chi connectivity index (χ0) is 11.7. The third-order valence-corrected chi connectivity index (χ3v) is 4.76. The maximum atomic E-state index is 12.3. The van der Waals surface area contributed by atoms with Crippen molar-refractivity contribution in [2.45, 2.75) is 44.8 Å². The van der Waals surface area contributed by atoms with Crippen molar-refractivity contribution < 1.29 is 4.79 Å². The summed E-state index contributed by atoms with van der Waals surface area (Å²) in [5.74, 6) is 2.12. The van der Waals surface area contributed by atoms with Crippen LogP contribution in [0.2, 0.25) is 0 Å². The highest BCUT2D eigenvalue weighted by atomic mass is 32.1. The molecule has 1 aliphatic heterocycles. The van der Waals surface area contributed by atoms with Crippen LogP contribution in [0.3, 0.4) is 0 Å². The summed E-state index contributed by atoms with van der Waals surface area (Å²) in [6, 6.07) is 0. The Morgan fingerprint density at radius 2 is 1.88 bits per heavy atom. The monoisotopic (exact) mass is 241 g/mol. The Kier molecular flexibility index (Phi) is 3.83. The summed E-state index contributed by atoms with van der Waals surface area (Å²) in [6.07, 6.45) is 4.46. The number of amides is 1. The number of hydrogen-bond acceptors (Lipinski definition) is 2. The molecule has 2 nitrogen and oxygen atoms in total. The molecule has 0 N–H and O–H groups in total. The largest absolute Gasteiger partial charge is 0.341 e. The van der Waals surface area contributed by atoms with Crippen molar-refractivity contribution in [1.82, 2.24) is 4.90 Å². The van der Waals surface area contributed by atoms with Gasteiger partial charge in [0.25, 0.3) is 0 Å². The Labute approximate surface area is 104 Å². The minimum absolute atomic E-state index is 0.295. The van der Waals surface area contributed by atoms with E-state index in [0.29, 0.717) is 28.9 Å². The molecule has 0 spiro atoms. The molecule has 16 heavy (non-hydrogen) atoms. The first kappa shape index (κ1) is 12.3. The summed E-state index contributed by atoms with van der Waals surface area (Å²) in [5.41, 5.74) is 0. The molecule has 1 amide bonds. The van der Waals surface area contributed by atoms with E-state index in [1.807, 2.05) is 0 Å². The van der Waals surface area contributed by atoms with Gasteiger partial charge in [0.05, 0.1) is 0 Å². The van der Waals surface area contributed by atoms with E-state index in [4.69, 9.17) is 0 Å². The van der Waals surface area contributed by atoms with E-state index in [-0.39, 0.29) is 0 Å². The first-order valence-electron chi connectivity index (χ1n) is 6.54. The molecule has 0 radical (unpaired) electrons. The number of carbonyl (C=O) groups excluding carboxylic acids is 1. The molecule has 92 valence electrons. The Morgan fingerprint density at radius 1 is 1.25 bits per heavy atom. The standard InChI is InChI=1S/C13H23NOS/c1-9-6-11(7-10(9)2)13(15)14-5-3-4-12(16)8-14/h9-12,16H,3-8H2,1-2H3. The summed E-state index contributed by atoms with van der Waals surface area (Å²) in [5, 5.41) is 0.397. The van der Waals surface area contributed by atoms with Crippen LogP contribution in [0.15, 0.2) is 0 Å². The fraction of sp³-hybridized carbons (Fsp3) is 0.923. The van der Waals surface area contributed by atoms with E-state index in [9.17, 15) is 4.79 Å². The average molecular weight is 241 g/mol. The van der Waals surface area contributed by atoms with Crippen molar-refractivity contribution >= 4 is 18.5 Å². The second-order valence-corrected chi connectivity index (χ2v) is 6.43. The number of thiol groups is 1. The van der Waals surface area contributed by atoms with E-state index in [0.717, 1.165) is 38.8 Å². The fourth-order valence-corrected chi connectivity index (χ4v) is 3.45. The van der Waals surface area contributed by atoms with Gasteiger partial charge in [-0.1, -0.05) is 13.8 Å². The molecule has 2 aliphatic rings. The van der Waals surface area contributed by atoms with Gasteiger partial charge in [-0.15, -0.1) is 0 Å². The van der Waals surface area contributed by atoms with Gasteiger partial charge in [-0.2, -0.15) is 12.6 Å². The van der Waals surface area contributed by atoms with Crippen molar-refractivity contribution in [3.8, 4) is 0 Å². The highest BCUT2D eigenvalue weighted by Gasteiger charge is 2.35. The van der Waals surface area contributed by atoms with Gasteiger partial charge in [0.2, 0.25) is 5.91 Å². The number of nitrogens with zero attached hydrogens (tertiary/aromatic N) is 1. The van der Waals surface area contributed by atoms with Crippen molar-refractivity contribution in [3.63, 3.8) is 0 Å². The van der Waals surface area contributed by atoms with Crippen LogP contribution < -0.4 is 0 Å². The van der Waals surface area contributed by atoms with Gasteiger partial charge in [-0.25, -0.2) is 0 Å². The lowest BCUT2D eigenvalue weighted by atomic mass is 10.0. The quantitative estimate of drug-likeness (QED) is 0.700. The third kappa shape index (κ3) is 2.55. The van der Waals surface area contributed by atoms with Crippen LogP contribution in [0.1, 0.15) is 39.5 Å². The van der Waals surface area contributed by atoms with Gasteiger partial charge in [-0.05, 0) is 37.5 Å². The van der Waals surface area contributed by atoms with E-state index in [1.165, 1.54) is 0 Å². The molecular formula is C13H23NOS. The van der Waals surface area contributed by atoms with Crippen LogP contribution in [-0.2, 0) is 4.79 Å². The number of piperidine rings is 1. The molecule has 3 unspecified atom stereocenters. The van der Waals surface area contributed by atoms with Gasteiger partial charge in [0.15, 0.2) is 0 Å². The molecule has 3 atom stereocenters. The van der Waals surface area contributed by atoms with Gasteiger partial charge in [0.1, 0.15) is 0 Å². The summed E-state index contributed by atoms with van der Waals surface area (Å²) in [4.78, 5) is 14.4. The molecular weight excluding hydrogens is 218 g/mol. The van der Waals surface area contributed by atoms with Crippen LogP contribution in [-0.4, -0.2) is 29.1 Å². The van der Waals surface area contributed by atoms with Crippen molar-refractivity contribution in [2.24, 2.45) is 17.8 Å². The Balaban J connectivity index is 1.92. The van der Waals surface area contributed by atoms with Crippen LogP contribution in [0, 0.1) is 17.8 Å². The van der Waals surface area contributed by atoms with Crippen molar-refractivity contribution in [2.75, 3.05) is 13.1 Å². The SMILES string of the molecule is CC1CC(C(=O)N2CCCC(S)C2)CC1C. The minimum atomic E-state index is 0.295. The predicted molar refractivity (Wildman–Crippen MR) is 69.6 cm³/mol. The average Bonchev–Trinajstić information content (AvgIpc) is 2.58. The zero-order valence-corrected chi connectivity index (χ0v) is 11.2. The first-order valence-corrected chi connectivity index (χ1v) is 7.06. The van der Waals surface area contributed by atoms with Gasteiger partial charge in [0, 0.05) is 24.3 Å². The Hall–Kier alpha value is -0.180. The molecule has 1 heterocycles. The number of rotatable bonds is 1. The molecule has 1 saturated heterocycles. The number of hydrogen-bond donors (Lipinski definition) is 1. The predicted octanol–water partition coefficient (Wildman–Crippen LogP) is 2.59. The minimum Gasteiger partial charge on any atom is -0.341 e. The van der Waals surface area contributed by atoms with Crippen LogP contribution >= 0.6 is 12.6 Å². The molecule has 2 fully saturated rings. The lowest BCUT2D eigenvalue weighted by Gasteiger charge is -2.32. The fourth-order valence-electron chi connectivity index (χ4n) is 3.07. The van der Waals surface area contributed by atoms with Gasteiger partial charge >= 0.3 is 0 Å². The lowest BCUT2D eigenvalue weighted by molar-refractivity contribution is -0.136. The van der Waals surface area contributed by atoms with Crippen molar-refractivity contribution in [1.29, 1.82) is 0 Å². The number of carbonyl (C=O) groups is 1. The normalized spacial score (nSPS) is 40.1. The zero-order valence-electron chi connectivity index (χ0n) is 10.4. The highest BCUT2D eigenvalue weighted by Crippen LogP contribution is 2.37. The summed E-state index contributed by atoms with van der Waals surface area (Å²) in [7, 11) is 0. The highest BCUT2D eigenvalue weighted by molar-refractivity contribution is 7.81. The topological polar surface area (TPSA) is 20.3 Å². The third-order valence-electron chi connectivity index (χ3n) is 4.34. The molecule has 3 heteroatoms. The molecule has 0 bridgehead atoms. The second kappa shape index (κ2) is 4.99. The molecule has 0 aromatic carbocycles. The molecule has 1 aliphatic carbocycles. The van der Waals surface area contributed by atoms with E-state index in [1.54, 1.807) is 0 Å². The van der Waals surface area contributed by atoms with E-state index >= 15 is 0 Å². The van der Waals surface area contributed by atoms with Crippen LogP contribution in [0.5, 0.6) is 0 Å². The van der Waals surface area contributed by atoms with Gasteiger partial charge < -0.3 is 4.90 Å². The summed E-state index contributed by atoms with van der Waals surface area (Å²) >= 11 is 4.50. The Bertz CT molecular complexity index is 252. The van der Waals surface area contributed by atoms with E-state index < -0.39 is 0 Å². The van der Waals surface area contributed by atoms with Crippen LogP contribution in [0.25, 0.3) is 0 Å². The summed E-state index contributed by atoms with van der Waals surface area (Å²) in [6.45, 7) is 6.36. The first-order chi connectivity index (χ1) is 7.58. The maximum Gasteiger partial charge on any atom is 0.225 e. The second-order valence-electron chi connectivity index (χ2n) is 5.70.